The Morgan fingerprint density at radius 2 is 1.71 bits per heavy atom. The molecular weight excluding hydrogens is 384 g/mol. The molecule has 0 aliphatic heterocycles. The number of hydrogen-bond donors (Lipinski definition) is 2. The predicted octanol–water partition coefficient (Wildman–Crippen LogP) is 5.43. The molecule has 5 nitrogen and oxygen atoms in total. The van der Waals surface area contributed by atoms with Crippen molar-refractivity contribution < 1.29 is 4.79 Å². The average molecular weight is 409 g/mol. The van der Waals surface area contributed by atoms with Crippen molar-refractivity contribution in [1.82, 2.24) is 15.3 Å². The highest BCUT2D eigenvalue weighted by Crippen LogP contribution is 2.22. The van der Waals surface area contributed by atoms with E-state index >= 15 is 0 Å². The number of nitrogens with one attached hydrogen (secondary N) is 2. The molecule has 0 fully saturated rings. The maximum Gasteiger partial charge on any atom is 0.251 e. The van der Waals surface area contributed by atoms with Crippen LogP contribution in [0.15, 0.2) is 85.2 Å². The summed E-state index contributed by atoms with van der Waals surface area (Å²) in [6, 6.07) is 25.5. The Bertz CT molecular complexity index is 1220. The Morgan fingerprint density at radius 1 is 0.871 bits per heavy atom. The highest BCUT2D eigenvalue weighted by molar-refractivity contribution is 5.95. The number of nitrogens with zero attached hydrogens (tertiary/aromatic N) is 2. The summed E-state index contributed by atoms with van der Waals surface area (Å²) in [4.78, 5) is 21.3. The van der Waals surface area contributed by atoms with Gasteiger partial charge in [-0.15, -0.1) is 0 Å². The van der Waals surface area contributed by atoms with E-state index in [-0.39, 0.29) is 5.91 Å². The Balaban J connectivity index is 1.47. The Kier molecular flexibility index (Phi) is 6.03. The second-order valence-electron chi connectivity index (χ2n) is 7.47. The number of aryl methyl sites for hydroxylation is 2. The summed E-state index contributed by atoms with van der Waals surface area (Å²) in [5, 5.41) is 6.27. The zero-order valence-electron chi connectivity index (χ0n) is 17.6. The Hall–Kier alpha value is -3.99. The minimum absolute atomic E-state index is 0.116. The van der Waals surface area contributed by atoms with Crippen molar-refractivity contribution in [3.63, 3.8) is 0 Å². The molecule has 0 spiro atoms. The van der Waals surface area contributed by atoms with Crippen molar-refractivity contribution in [3.8, 4) is 11.3 Å². The summed E-state index contributed by atoms with van der Waals surface area (Å²) in [6.45, 7) is 4.59. The summed E-state index contributed by atoms with van der Waals surface area (Å²) < 4.78 is 0. The fourth-order valence-corrected chi connectivity index (χ4v) is 3.36. The molecule has 0 atom stereocenters. The first-order valence-corrected chi connectivity index (χ1v) is 10.2. The molecule has 5 heteroatoms. The Labute approximate surface area is 182 Å². The van der Waals surface area contributed by atoms with Crippen LogP contribution in [0.25, 0.3) is 11.3 Å². The smallest absolute Gasteiger partial charge is 0.251 e. The zero-order valence-corrected chi connectivity index (χ0v) is 17.6. The molecule has 0 radical (unpaired) electrons. The summed E-state index contributed by atoms with van der Waals surface area (Å²) in [6.07, 6.45) is 1.54. The van der Waals surface area contributed by atoms with Crippen LogP contribution in [0.2, 0.25) is 0 Å². The van der Waals surface area contributed by atoms with Gasteiger partial charge in [-0.1, -0.05) is 54.1 Å². The maximum atomic E-state index is 12.6. The number of aromatic nitrogens is 2. The van der Waals surface area contributed by atoms with Gasteiger partial charge >= 0.3 is 0 Å². The number of benzene rings is 3. The molecule has 1 heterocycles. The standard InChI is InChI=1S/C26H24N4O/c1-18-7-5-10-20(13-18)24-15-25(29-17-28-24)30-23-12-6-11-21(14-23)26(31)27-16-22-9-4-3-8-19(22)2/h3-15,17H,16H2,1-2H3,(H,27,31)(H,28,29,30). The third-order valence-electron chi connectivity index (χ3n) is 5.08. The van der Waals surface area contributed by atoms with Crippen LogP contribution >= 0.6 is 0 Å². The fraction of sp³-hybridized carbons (Fsp3) is 0.115. The van der Waals surface area contributed by atoms with E-state index in [1.807, 2.05) is 67.6 Å². The first-order chi connectivity index (χ1) is 15.1. The van der Waals surface area contributed by atoms with Crippen molar-refractivity contribution in [2.45, 2.75) is 20.4 Å². The average Bonchev–Trinajstić information content (AvgIpc) is 2.79. The lowest BCUT2D eigenvalue weighted by molar-refractivity contribution is 0.0951. The monoisotopic (exact) mass is 408 g/mol. The van der Waals surface area contributed by atoms with Gasteiger partial charge in [0.1, 0.15) is 12.1 Å². The number of anilines is 2. The lowest BCUT2D eigenvalue weighted by atomic mass is 10.1. The van der Waals surface area contributed by atoms with Gasteiger partial charge in [-0.05, 0) is 49.2 Å². The van der Waals surface area contributed by atoms with Crippen LogP contribution in [0.5, 0.6) is 0 Å². The molecule has 0 unspecified atom stereocenters. The third-order valence-corrected chi connectivity index (χ3v) is 5.08. The molecule has 0 aliphatic rings. The summed E-state index contributed by atoms with van der Waals surface area (Å²) >= 11 is 0. The van der Waals surface area contributed by atoms with Crippen LogP contribution in [0.1, 0.15) is 27.0 Å². The third kappa shape index (κ3) is 5.14. The second-order valence-corrected chi connectivity index (χ2v) is 7.47. The lowest BCUT2D eigenvalue weighted by Crippen LogP contribution is -2.23. The van der Waals surface area contributed by atoms with Gasteiger partial charge in [0.2, 0.25) is 0 Å². The van der Waals surface area contributed by atoms with E-state index in [1.54, 1.807) is 12.4 Å². The molecule has 0 saturated carbocycles. The van der Waals surface area contributed by atoms with Gasteiger partial charge in [-0.2, -0.15) is 0 Å². The van der Waals surface area contributed by atoms with Gasteiger partial charge in [-0.3, -0.25) is 4.79 Å². The lowest BCUT2D eigenvalue weighted by Gasteiger charge is -2.10. The molecule has 1 aromatic heterocycles. The number of hydrogen-bond acceptors (Lipinski definition) is 4. The van der Waals surface area contributed by atoms with E-state index in [2.05, 4.69) is 39.7 Å². The van der Waals surface area contributed by atoms with Crippen molar-refractivity contribution >= 4 is 17.4 Å². The van der Waals surface area contributed by atoms with E-state index in [0.717, 1.165) is 28.1 Å². The second kappa shape index (κ2) is 9.22. The van der Waals surface area contributed by atoms with Crippen molar-refractivity contribution in [1.29, 1.82) is 0 Å². The molecule has 154 valence electrons. The van der Waals surface area contributed by atoms with Crippen molar-refractivity contribution in [3.05, 3.63) is 107 Å². The molecule has 0 aliphatic carbocycles. The van der Waals surface area contributed by atoms with E-state index in [4.69, 9.17) is 0 Å². The molecule has 1 amide bonds. The molecule has 0 bridgehead atoms. The zero-order chi connectivity index (χ0) is 21.6. The number of carbonyl (C=O) groups excluding carboxylic acids is 1. The van der Waals surface area contributed by atoms with Crippen LogP contribution in [-0.4, -0.2) is 15.9 Å². The minimum atomic E-state index is -0.116. The van der Waals surface area contributed by atoms with Gasteiger partial charge in [0.05, 0.1) is 5.69 Å². The molecular formula is C26H24N4O. The van der Waals surface area contributed by atoms with Crippen LogP contribution < -0.4 is 10.6 Å². The van der Waals surface area contributed by atoms with Gasteiger partial charge in [0.15, 0.2) is 0 Å². The number of amides is 1. The van der Waals surface area contributed by atoms with Crippen molar-refractivity contribution in [2.24, 2.45) is 0 Å². The van der Waals surface area contributed by atoms with Crippen LogP contribution in [0.3, 0.4) is 0 Å². The summed E-state index contributed by atoms with van der Waals surface area (Å²) in [5.41, 5.74) is 6.70. The highest BCUT2D eigenvalue weighted by atomic mass is 16.1. The topological polar surface area (TPSA) is 66.9 Å². The molecule has 0 saturated heterocycles. The van der Waals surface area contributed by atoms with Crippen LogP contribution in [-0.2, 0) is 6.54 Å². The van der Waals surface area contributed by atoms with E-state index in [0.29, 0.717) is 17.9 Å². The number of carbonyl (C=O) groups is 1. The van der Waals surface area contributed by atoms with Gasteiger partial charge in [0.25, 0.3) is 5.91 Å². The normalized spacial score (nSPS) is 10.5. The van der Waals surface area contributed by atoms with E-state index < -0.39 is 0 Å². The van der Waals surface area contributed by atoms with Gasteiger partial charge < -0.3 is 10.6 Å². The highest BCUT2D eigenvalue weighted by Gasteiger charge is 2.08. The van der Waals surface area contributed by atoms with Gasteiger partial charge in [0, 0.05) is 29.4 Å². The molecule has 3 aromatic carbocycles. The van der Waals surface area contributed by atoms with Crippen molar-refractivity contribution in [2.75, 3.05) is 5.32 Å². The maximum absolute atomic E-state index is 12.6. The molecule has 4 aromatic rings. The minimum Gasteiger partial charge on any atom is -0.348 e. The van der Waals surface area contributed by atoms with E-state index in [1.165, 1.54) is 5.56 Å². The van der Waals surface area contributed by atoms with Crippen LogP contribution in [0, 0.1) is 13.8 Å². The fourth-order valence-electron chi connectivity index (χ4n) is 3.36. The van der Waals surface area contributed by atoms with Gasteiger partial charge in [-0.25, -0.2) is 9.97 Å². The predicted molar refractivity (Wildman–Crippen MR) is 124 cm³/mol. The number of rotatable bonds is 6. The summed E-state index contributed by atoms with van der Waals surface area (Å²) in [5.74, 6) is 0.555. The first-order valence-electron chi connectivity index (χ1n) is 10.2. The SMILES string of the molecule is Cc1cccc(-c2cc(Nc3cccc(C(=O)NCc4ccccc4C)c3)ncn2)c1. The molecule has 4 rings (SSSR count). The Morgan fingerprint density at radius 3 is 2.55 bits per heavy atom. The molecule has 2 N–H and O–H groups in total. The molecule has 31 heavy (non-hydrogen) atoms. The largest absolute Gasteiger partial charge is 0.348 e. The summed E-state index contributed by atoms with van der Waals surface area (Å²) in [7, 11) is 0. The van der Waals surface area contributed by atoms with E-state index in [9.17, 15) is 4.79 Å². The van der Waals surface area contributed by atoms with Crippen LogP contribution in [0.4, 0.5) is 11.5 Å². The first kappa shape index (κ1) is 20.3. The quantitative estimate of drug-likeness (QED) is 0.446.